The Balaban J connectivity index is 2.30. The first kappa shape index (κ1) is 10.4. The average Bonchev–Trinajstić information content (AvgIpc) is 2.66. The summed E-state index contributed by atoms with van der Waals surface area (Å²) < 4.78 is 29.3. The number of anilines is 1. The summed E-state index contributed by atoms with van der Waals surface area (Å²) in [6.07, 6.45) is 2.31. The quantitative estimate of drug-likeness (QED) is 0.743. The molecule has 0 amide bonds. The Morgan fingerprint density at radius 3 is 2.67 bits per heavy atom. The molecule has 7 heteroatoms. The molecular formula is C8H13N3O3S. The second kappa shape index (κ2) is 3.82. The van der Waals surface area contributed by atoms with Crippen molar-refractivity contribution in [3.63, 3.8) is 0 Å². The highest BCUT2D eigenvalue weighted by atomic mass is 32.2. The lowest BCUT2D eigenvalue weighted by atomic mass is 10.2. The standard InChI is InChI=1S/C8H13N3O3S/c9-8-7(5-10-11-8)15(12,13)6-1-3-14-4-2-6/h5-6H,1-4H2,(H3,9,10,11). The van der Waals surface area contributed by atoms with Crippen LogP contribution in [0, 0.1) is 0 Å². The Kier molecular flexibility index (Phi) is 2.66. The second-order valence-corrected chi connectivity index (χ2v) is 5.70. The van der Waals surface area contributed by atoms with Crippen LogP contribution >= 0.6 is 0 Å². The van der Waals surface area contributed by atoms with Gasteiger partial charge in [0, 0.05) is 13.2 Å². The fraction of sp³-hybridized carbons (Fsp3) is 0.625. The molecule has 1 aliphatic heterocycles. The molecule has 0 atom stereocenters. The van der Waals surface area contributed by atoms with Gasteiger partial charge in [-0.3, -0.25) is 5.10 Å². The first-order valence-electron chi connectivity index (χ1n) is 4.73. The molecule has 0 unspecified atom stereocenters. The van der Waals surface area contributed by atoms with Crippen molar-refractivity contribution in [2.24, 2.45) is 0 Å². The Morgan fingerprint density at radius 1 is 1.47 bits per heavy atom. The van der Waals surface area contributed by atoms with E-state index in [9.17, 15) is 8.42 Å². The minimum Gasteiger partial charge on any atom is -0.383 e. The van der Waals surface area contributed by atoms with Crippen LogP contribution in [0.5, 0.6) is 0 Å². The van der Waals surface area contributed by atoms with Crippen LogP contribution in [0.15, 0.2) is 11.1 Å². The van der Waals surface area contributed by atoms with Gasteiger partial charge in [0.1, 0.15) is 10.7 Å². The van der Waals surface area contributed by atoms with Crippen LogP contribution in [0.4, 0.5) is 5.82 Å². The lowest BCUT2D eigenvalue weighted by Crippen LogP contribution is -2.29. The smallest absolute Gasteiger partial charge is 0.186 e. The van der Waals surface area contributed by atoms with Gasteiger partial charge in [0.15, 0.2) is 9.84 Å². The van der Waals surface area contributed by atoms with Crippen LogP contribution in [0.2, 0.25) is 0 Å². The predicted molar refractivity (Wildman–Crippen MR) is 54.0 cm³/mol. The van der Waals surface area contributed by atoms with Gasteiger partial charge in [0.2, 0.25) is 0 Å². The van der Waals surface area contributed by atoms with Gasteiger partial charge in [0.25, 0.3) is 0 Å². The molecule has 1 fully saturated rings. The van der Waals surface area contributed by atoms with Gasteiger partial charge in [-0.1, -0.05) is 0 Å². The topological polar surface area (TPSA) is 98.1 Å². The minimum atomic E-state index is -3.35. The van der Waals surface area contributed by atoms with Gasteiger partial charge < -0.3 is 10.5 Å². The molecule has 2 heterocycles. The number of nitrogens with two attached hydrogens (primary N) is 1. The van der Waals surface area contributed by atoms with Crippen molar-refractivity contribution in [2.45, 2.75) is 23.0 Å². The number of sulfone groups is 1. The van der Waals surface area contributed by atoms with Crippen LogP contribution in [0.1, 0.15) is 12.8 Å². The number of H-pyrrole nitrogens is 1. The second-order valence-electron chi connectivity index (χ2n) is 3.50. The number of rotatable bonds is 2. The third-order valence-electron chi connectivity index (χ3n) is 2.55. The number of aromatic amines is 1. The number of hydrogen-bond acceptors (Lipinski definition) is 5. The SMILES string of the molecule is Nc1[nH]ncc1S(=O)(=O)C1CCOCC1. The molecule has 0 bridgehead atoms. The molecule has 0 saturated carbocycles. The fourth-order valence-electron chi connectivity index (χ4n) is 1.68. The molecule has 0 radical (unpaired) electrons. The summed E-state index contributed by atoms with van der Waals surface area (Å²) in [5.41, 5.74) is 5.50. The summed E-state index contributed by atoms with van der Waals surface area (Å²) >= 11 is 0. The summed E-state index contributed by atoms with van der Waals surface area (Å²) in [6, 6.07) is 0. The molecule has 84 valence electrons. The average molecular weight is 231 g/mol. The highest BCUT2D eigenvalue weighted by Crippen LogP contribution is 2.25. The van der Waals surface area contributed by atoms with Gasteiger partial charge in [-0.2, -0.15) is 5.10 Å². The molecule has 1 aromatic rings. The third kappa shape index (κ3) is 1.84. The Hall–Kier alpha value is -1.08. The number of nitrogens with one attached hydrogen (secondary N) is 1. The van der Waals surface area contributed by atoms with Crippen molar-refractivity contribution in [1.82, 2.24) is 10.2 Å². The summed E-state index contributed by atoms with van der Waals surface area (Å²) in [6.45, 7) is 0.976. The van der Waals surface area contributed by atoms with E-state index in [1.54, 1.807) is 0 Å². The first-order chi connectivity index (χ1) is 7.12. The van der Waals surface area contributed by atoms with Crippen LogP contribution < -0.4 is 5.73 Å². The Morgan fingerprint density at radius 2 is 2.13 bits per heavy atom. The van der Waals surface area contributed by atoms with Gasteiger partial charge in [-0.25, -0.2) is 8.42 Å². The summed E-state index contributed by atoms with van der Waals surface area (Å²) in [7, 11) is -3.35. The predicted octanol–water partition coefficient (Wildman–Crippen LogP) is -0.0554. The number of ether oxygens (including phenoxy) is 1. The van der Waals surface area contributed by atoms with E-state index < -0.39 is 15.1 Å². The van der Waals surface area contributed by atoms with E-state index in [0.29, 0.717) is 26.1 Å². The zero-order chi connectivity index (χ0) is 10.9. The highest BCUT2D eigenvalue weighted by molar-refractivity contribution is 7.92. The normalized spacial score (nSPS) is 19.2. The van der Waals surface area contributed by atoms with Crippen LogP contribution in [-0.4, -0.2) is 37.1 Å². The monoisotopic (exact) mass is 231 g/mol. The van der Waals surface area contributed by atoms with Crippen molar-refractivity contribution >= 4 is 15.7 Å². The van der Waals surface area contributed by atoms with Gasteiger partial charge in [0.05, 0.1) is 11.4 Å². The zero-order valence-electron chi connectivity index (χ0n) is 8.14. The highest BCUT2D eigenvalue weighted by Gasteiger charge is 2.31. The first-order valence-corrected chi connectivity index (χ1v) is 6.27. The van der Waals surface area contributed by atoms with E-state index in [2.05, 4.69) is 10.2 Å². The summed E-state index contributed by atoms with van der Waals surface area (Å²) in [4.78, 5) is 0.106. The maximum Gasteiger partial charge on any atom is 0.186 e. The molecule has 15 heavy (non-hydrogen) atoms. The van der Waals surface area contributed by atoms with Crippen molar-refractivity contribution in [1.29, 1.82) is 0 Å². The number of nitrogen functional groups attached to an aromatic ring is 1. The largest absolute Gasteiger partial charge is 0.383 e. The van der Waals surface area contributed by atoms with Gasteiger partial charge >= 0.3 is 0 Å². The van der Waals surface area contributed by atoms with Crippen molar-refractivity contribution in [3.05, 3.63) is 6.20 Å². The van der Waals surface area contributed by atoms with E-state index in [0.717, 1.165) is 0 Å². The van der Waals surface area contributed by atoms with Crippen molar-refractivity contribution in [3.8, 4) is 0 Å². The van der Waals surface area contributed by atoms with E-state index >= 15 is 0 Å². The van der Waals surface area contributed by atoms with Gasteiger partial charge in [-0.15, -0.1) is 0 Å². The molecule has 1 saturated heterocycles. The van der Waals surface area contributed by atoms with E-state index in [-0.39, 0.29) is 10.7 Å². The molecule has 3 N–H and O–H groups in total. The summed E-state index contributed by atoms with van der Waals surface area (Å²) in [5, 5.41) is 5.66. The Labute approximate surface area is 87.7 Å². The minimum absolute atomic E-state index is 0.106. The van der Waals surface area contributed by atoms with E-state index in [4.69, 9.17) is 10.5 Å². The maximum absolute atomic E-state index is 12.1. The molecule has 0 spiro atoms. The number of aromatic nitrogens is 2. The lowest BCUT2D eigenvalue weighted by molar-refractivity contribution is 0.0983. The maximum atomic E-state index is 12.1. The molecular weight excluding hydrogens is 218 g/mol. The van der Waals surface area contributed by atoms with Gasteiger partial charge in [-0.05, 0) is 12.8 Å². The summed E-state index contributed by atoms with van der Waals surface area (Å²) in [5.74, 6) is 0.112. The molecule has 2 rings (SSSR count). The Bertz CT molecular complexity index is 434. The zero-order valence-corrected chi connectivity index (χ0v) is 8.96. The molecule has 0 aliphatic carbocycles. The number of nitrogens with zero attached hydrogens (tertiary/aromatic N) is 1. The van der Waals surface area contributed by atoms with Crippen LogP contribution in [0.3, 0.4) is 0 Å². The van der Waals surface area contributed by atoms with Crippen molar-refractivity contribution < 1.29 is 13.2 Å². The molecule has 1 aromatic heterocycles. The lowest BCUT2D eigenvalue weighted by Gasteiger charge is -2.21. The third-order valence-corrected chi connectivity index (χ3v) is 4.83. The number of hydrogen-bond donors (Lipinski definition) is 2. The molecule has 6 nitrogen and oxygen atoms in total. The van der Waals surface area contributed by atoms with Crippen LogP contribution in [0.25, 0.3) is 0 Å². The van der Waals surface area contributed by atoms with Crippen LogP contribution in [-0.2, 0) is 14.6 Å². The van der Waals surface area contributed by atoms with E-state index in [1.165, 1.54) is 6.20 Å². The van der Waals surface area contributed by atoms with E-state index in [1.807, 2.05) is 0 Å². The molecule has 1 aliphatic rings. The van der Waals surface area contributed by atoms with Crippen molar-refractivity contribution in [2.75, 3.05) is 18.9 Å². The fourth-order valence-corrected chi connectivity index (χ4v) is 3.40. The molecule has 0 aromatic carbocycles.